The molecule has 2 atom stereocenters. The topological polar surface area (TPSA) is 50.6 Å². The molecule has 3 rings (SSSR count). The highest BCUT2D eigenvalue weighted by Gasteiger charge is 2.34. The van der Waals surface area contributed by atoms with Crippen LogP contribution in [-0.4, -0.2) is 70.4 Å². The van der Waals surface area contributed by atoms with Crippen molar-refractivity contribution < 1.29 is 9.53 Å². The first kappa shape index (κ1) is 14.5. The van der Waals surface area contributed by atoms with Crippen LogP contribution in [-0.2, 0) is 16.1 Å². The molecule has 2 fully saturated rings. The van der Waals surface area contributed by atoms with Crippen molar-refractivity contribution in [1.82, 2.24) is 19.6 Å². The Hall–Kier alpha value is -1.40. The second kappa shape index (κ2) is 6.58. The average Bonchev–Trinajstić information content (AvgIpc) is 3.19. The van der Waals surface area contributed by atoms with Gasteiger partial charge in [0.05, 0.1) is 25.8 Å². The lowest BCUT2D eigenvalue weighted by atomic mass is 10.1. The summed E-state index contributed by atoms with van der Waals surface area (Å²) in [7, 11) is 0. The van der Waals surface area contributed by atoms with E-state index in [4.69, 9.17) is 4.74 Å². The van der Waals surface area contributed by atoms with Crippen molar-refractivity contribution in [2.24, 2.45) is 0 Å². The summed E-state index contributed by atoms with van der Waals surface area (Å²) in [5, 5.41) is 4.29. The first-order chi connectivity index (χ1) is 10.3. The molecule has 6 nitrogen and oxygen atoms in total. The molecule has 21 heavy (non-hydrogen) atoms. The molecule has 1 aromatic heterocycles. The van der Waals surface area contributed by atoms with Crippen LogP contribution in [0.25, 0.3) is 0 Å². The van der Waals surface area contributed by atoms with E-state index in [0.29, 0.717) is 19.3 Å². The van der Waals surface area contributed by atoms with E-state index in [1.165, 1.54) is 0 Å². The monoisotopic (exact) mass is 292 g/mol. The number of carbonyl (C=O) groups excluding carboxylic acids is 1. The van der Waals surface area contributed by atoms with Gasteiger partial charge in [0.2, 0.25) is 5.91 Å². The first-order valence-corrected chi connectivity index (χ1v) is 7.85. The summed E-state index contributed by atoms with van der Waals surface area (Å²) in [4.78, 5) is 16.9. The number of likely N-dealkylation sites (tertiary alicyclic amines) is 1. The predicted molar refractivity (Wildman–Crippen MR) is 78.8 cm³/mol. The van der Waals surface area contributed by atoms with Gasteiger partial charge in [-0.2, -0.15) is 5.10 Å². The van der Waals surface area contributed by atoms with E-state index in [2.05, 4.69) is 10.00 Å². The van der Waals surface area contributed by atoms with Crippen LogP contribution in [0.5, 0.6) is 0 Å². The second-order valence-electron chi connectivity index (χ2n) is 5.88. The fourth-order valence-corrected chi connectivity index (χ4v) is 3.38. The second-order valence-corrected chi connectivity index (χ2v) is 5.88. The minimum Gasteiger partial charge on any atom is -0.378 e. The lowest BCUT2D eigenvalue weighted by Crippen LogP contribution is -2.52. The quantitative estimate of drug-likeness (QED) is 0.815. The number of carbonyl (C=O) groups is 1. The fraction of sp³-hybridized carbons (Fsp3) is 0.733. The van der Waals surface area contributed by atoms with Crippen LogP contribution in [0.4, 0.5) is 0 Å². The maximum Gasteiger partial charge on any atom is 0.239 e. The third-order valence-electron chi connectivity index (χ3n) is 4.56. The van der Waals surface area contributed by atoms with Gasteiger partial charge in [-0.1, -0.05) is 0 Å². The number of morpholine rings is 1. The van der Waals surface area contributed by atoms with E-state index in [1.54, 1.807) is 0 Å². The molecule has 1 amide bonds. The van der Waals surface area contributed by atoms with E-state index in [9.17, 15) is 4.79 Å². The van der Waals surface area contributed by atoms with Gasteiger partial charge >= 0.3 is 0 Å². The van der Waals surface area contributed by atoms with Gasteiger partial charge in [0.15, 0.2) is 0 Å². The van der Waals surface area contributed by atoms with E-state index in [1.807, 2.05) is 35.0 Å². The summed E-state index contributed by atoms with van der Waals surface area (Å²) in [5.41, 5.74) is 0. The Balaban J connectivity index is 1.62. The number of amides is 1. The molecule has 0 N–H and O–H groups in total. The summed E-state index contributed by atoms with van der Waals surface area (Å²) < 4.78 is 7.29. The fourth-order valence-electron chi connectivity index (χ4n) is 3.38. The molecule has 2 saturated heterocycles. The molecule has 0 aromatic carbocycles. The number of hydrogen-bond acceptors (Lipinski definition) is 4. The number of ether oxygens (including phenoxy) is 1. The molecule has 3 heterocycles. The Morgan fingerprint density at radius 3 is 2.90 bits per heavy atom. The van der Waals surface area contributed by atoms with Gasteiger partial charge in [0, 0.05) is 31.5 Å². The number of hydrogen-bond donors (Lipinski definition) is 0. The highest BCUT2D eigenvalue weighted by atomic mass is 16.5. The number of aromatic nitrogens is 2. The summed E-state index contributed by atoms with van der Waals surface area (Å²) >= 11 is 0. The van der Waals surface area contributed by atoms with E-state index >= 15 is 0 Å². The van der Waals surface area contributed by atoms with Crippen LogP contribution in [0.15, 0.2) is 18.5 Å². The SMILES string of the molecule is C[C@@H](C(=O)N1CCOCC1)N1CCC[C@@H]1Cn1cccn1. The third kappa shape index (κ3) is 3.27. The zero-order valence-corrected chi connectivity index (χ0v) is 12.6. The van der Waals surface area contributed by atoms with Crippen molar-refractivity contribution in [3.8, 4) is 0 Å². The molecule has 0 bridgehead atoms. The van der Waals surface area contributed by atoms with Gasteiger partial charge in [-0.25, -0.2) is 0 Å². The minimum absolute atomic E-state index is 0.0498. The molecular weight excluding hydrogens is 268 g/mol. The van der Waals surface area contributed by atoms with E-state index in [-0.39, 0.29) is 11.9 Å². The highest BCUT2D eigenvalue weighted by molar-refractivity contribution is 5.81. The van der Waals surface area contributed by atoms with Gasteiger partial charge in [0.1, 0.15) is 0 Å². The van der Waals surface area contributed by atoms with Crippen LogP contribution in [0.3, 0.4) is 0 Å². The largest absolute Gasteiger partial charge is 0.378 e. The summed E-state index contributed by atoms with van der Waals surface area (Å²) in [6, 6.07) is 2.30. The molecule has 116 valence electrons. The van der Waals surface area contributed by atoms with Crippen molar-refractivity contribution in [2.45, 2.75) is 38.4 Å². The molecular formula is C15H24N4O2. The Kier molecular flexibility index (Phi) is 4.55. The predicted octanol–water partition coefficient (Wildman–Crippen LogP) is 0.595. The molecule has 0 radical (unpaired) electrons. The molecule has 0 saturated carbocycles. The van der Waals surface area contributed by atoms with Gasteiger partial charge in [-0.05, 0) is 32.4 Å². The molecule has 2 aliphatic rings. The zero-order valence-electron chi connectivity index (χ0n) is 12.6. The number of rotatable bonds is 4. The Labute approximate surface area is 125 Å². The molecule has 1 aromatic rings. The maximum absolute atomic E-state index is 12.6. The molecule has 0 aliphatic carbocycles. The van der Waals surface area contributed by atoms with Crippen molar-refractivity contribution in [3.05, 3.63) is 18.5 Å². The zero-order chi connectivity index (χ0) is 14.7. The van der Waals surface area contributed by atoms with E-state index in [0.717, 1.165) is 39.0 Å². The van der Waals surface area contributed by atoms with Crippen LogP contribution in [0, 0.1) is 0 Å². The van der Waals surface area contributed by atoms with Crippen LogP contribution < -0.4 is 0 Å². The Bertz CT molecular complexity index is 456. The minimum atomic E-state index is -0.0498. The molecule has 6 heteroatoms. The summed E-state index contributed by atoms with van der Waals surface area (Å²) in [5.74, 6) is 0.241. The van der Waals surface area contributed by atoms with Gasteiger partial charge in [0.25, 0.3) is 0 Å². The Morgan fingerprint density at radius 2 is 2.19 bits per heavy atom. The molecule has 0 unspecified atom stereocenters. The maximum atomic E-state index is 12.6. The van der Waals surface area contributed by atoms with Crippen molar-refractivity contribution in [3.63, 3.8) is 0 Å². The summed E-state index contributed by atoms with van der Waals surface area (Å²) in [6.07, 6.45) is 6.10. The van der Waals surface area contributed by atoms with Crippen molar-refractivity contribution in [1.29, 1.82) is 0 Å². The first-order valence-electron chi connectivity index (χ1n) is 7.85. The normalized spacial score (nSPS) is 25.2. The molecule has 2 aliphatic heterocycles. The van der Waals surface area contributed by atoms with Crippen LogP contribution in [0.2, 0.25) is 0 Å². The average molecular weight is 292 g/mol. The Morgan fingerprint density at radius 1 is 1.38 bits per heavy atom. The summed E-state index contributed by atoms with van der Waals surface area (Å²) in [6.45, 7) is 6.68. The lowest BCUT2D eigenvalue weighted by molar-refractivity contribution is -0.141. The van der Waals surface area contributed by atoms with Crippen molar-refractivity contribution in [2.75, 3.05) is 32.8 Å². The van der Waals surface area contributed by atoms with Gasteiger partial charge in [-0.15, -0.1) is 0 Å². The van der Waals surface area contributed by atoms with Crippen molar-refractivity contribution >= 4 is 5.91 Å². The molecule has 0 spiro atoms. The highest BCUT2D eigenvalue weighted by Crippen LogP contribution is 2.22. The standard InChI is InChI=1S/C15H24N4O2/c1-13(15(20)17-8-10-21-11-9-17)19-7-2-4-14(19)12-18-6-3-5-16-18/h3,5-6,13-14H,2,4,7-12H2,1H3/t13-,14+/m0/s1. The lowest BCUT2D eigenvalue weighted by Gasteiger charge is -2.35. The van der Waals surface area contributed by atoms with Crippen LogP contribution in [0.1, 0.15) is 19.8 Å². The smallest absolute Gasteiger partial charge is 0.239 e. The number of nitrogens with zero attached hydrogens (tertiary/aromatic N) is 4. The van der Waals surface area contributed by atoms with Gasteiger partial charge in [-0.3, -0.25) is 14.4 Å². The third-order valence-corrected chi connectivity index (χ3v) is 4.56. The van der Waals surface area contributed by atoms with Gasteiger partial charge < -0.3 is 9.64 Å². The van der Waals surface area contributed by atoms with Crippen LogP contribution >= 0.6 is 0 Å². The van der Waals surface area contributed by atoms with E-state index < -0.39 is 0 Å².